The van der Waals surface area contributed by atoms with Crippen molar-refractivity contribution >= 4 is 16.8 Å². The molecule has 4 heterocycles. The van der Waals surface area contributed by atoms with Gasteiger partial charge in [-0.2, -0.15) is 5.10 Å². The molecule has 7 heteroatoms. The maximum absolute atomic E-state index is 13.6. The Kier molecular flexibility index (Phi) is 4.91. The number of carbonyl (C=O) groups is 1. The number of ether oxygens (including phenoxy) is 1. The molecule has 1 amide bonds. The van der Waals surface area contributed by atoms with Crippen molar-refractivity contribution in [3.8, 4) is 16.9 Å². The van der Waals surface area contributed by atoms with Crippen LogP contribution in [0.5, 0.6) is 5.75 Å². The summed E-state index contributed by atoms with van der Waals surface area (Å²) < 4.78 is 7.70. The molecule has 0 spiro atoms. The third-order valence-corrected chi connectivity index (χ3v) is 7.13. The second-order valence-corrected chi connectivity index (χ2v) is 8.93. The van der Waals surface area contributed by atoms with Crippen LogP contribution in [-0.4, -0.2) is 51.8 Å². The number of hydrogen-bond acceptors (Lipinski definition) is 4. The average molecular weight is 442 g/mol. The number of H-pyrrole nitrogens is 1. The van der Waals surface area contributed by atoms with Crippen molar-refractivity contribution in [1.29, 1.82) is 0 Å². The van der Waals surface area contributed by atoms with Crippen molar-refractivity contribution in [2.24, 2.45) is 0 Å². The number of aromatic amines is 1. The standard InChI is InChI=1S/C26H27N5O2/c1-33-20-5-2-4-18(12-20)25-23-6-3-9-30(23)10-11-31-16-22(26(32)29-25)21-8-7-17(13-24(21)31)19-14-27-28-15-19/h2,4-5,7-8,12-16,23,25H,3,6,9-11H2,1H3,(H,27,28)(H,29,32)/t23?,25-/m1/s1. The number of rotatable bonds is 3. The fourth-order valence-electron chi connectivity index (χ4n) is 5.45. The van der Waals surface area contributed by atoms with E-state index in [0.717, 1.165) is 71.4 Å². The van der Waals surface area contributed by atoms with Gasteiger partial charge in [0.25, 0.3) is 5.91 Å². The molecular formula is C26H27N5O2. The highest BCUT2D eigenvalue weighted by Gasteiger charge is 2.35. The first-order valence-corrected chi connectivity index (χ1v) is 11.5. The van der Waals surface area contributed by atoms with Gasteiger partial charge >= 0.3 is 0 Å². The summed E-state index contributed by atoms with van der Waals surface area (Å²) in [6.07, 6.45) is 7.94. The lowest BCUT2D eigenvalue weighted by atomic mass is 9.96. The highest BCUT2D eigenvalue weighted by Crippen LogP contribution is 2.34. The Morgan fingerprint density at radius 1 is 1.09 bits per heavy atom. The van der Waals surface area contributed by atoms with Gasteiger partial charge in [-0.3, -0.25) is 14.8 Å². The van der Waals surface area contributed by atoms with Crippen LogP contribution in [0.15, 0.2) is 61.1 Å². The lowest BCUT2D eigenvalue weighted by Gasteiger charge is -2.33. The summed E-state index contributed by atoms with van der Waals surface area (Å²) in [4.78, 5) is 16.2. The normalized spacial score (nSPS) is 21.1. The van der Waals surface area contributed by atoms with Crippen LogP contribution in [0.1, 0.15) is 34.8 Å². The van der Waals surface area contributed by atoms with E-state index in [1.54, 1.807) is 7.11 Å². The molecule has 0 saturated carbocycles. The Morgan fingerprint density at radius 3 is 2.88 bits per heavy atom. The Hall–Kier alpha value is -3.58. The van der Waals surface area contributed by atoms with Gasteiger partial charge in [-0.05, 0) is 48.7 Å². The van der Waals surface area contributed by atoms with Gasteiger partial charge < -0.3 is 14.6 Å². The molecule has 6 rings (SSSR count). The SMILES string of the molecule is COc1cccc([C@H]2NC(=O)c3cn(c4cc(-c5cn[nH]c5)ccc34)CCN3CCCC23)c1. The van der Waals surface area contributed by atoms with Crippen molar-refractivity contribution < 1.29 is 9.53 Å². The van der Waals surface area contributed by atoms with Crippen LogP contribution >= 0.6 is 0 Å². The van der Waals surface area contributed by atoms with E-state index in [0.29, 0.717) is 0 Å². The molecular weight excluding hydrogens is 414 g/mol. The van der Waals surface area contributed by atoms with Crippen LogP contribution in [0.4, 0.5) is 0 Å². The van der Waals surface area contributed by atoms with Crippen molar-refractivity contribution in [1.82, 2.24) is 25.0 Å². The van der Waals surface area contributed by atoms with Gasteiger partial charge in [-0.1, -0.05) is 24.3 Å². The highest BCUT2D eigenvalue weighted by molar-refractivity contribution is 6.07. The number of fused-ring (bicyclic) bond motifs is 6. The number of amides is 1. The fourth-order valence-corrected chi connectivity index (χ4v) is 5.45. The molecule has 0 radical (unpaired) electrons. The number of hydrogen-bond donors (Lipinski definition) is 2. The number of benzene rings is 2. The molecule has 1 saturated heterocycles. The minimum absolute atomic E-state index is 0.0311. The Bertz CT molecular complexity index is 1310. The number of aromatic nitrogens is 3. The topological polar surface area (TPSA) is 75.2 Å². The van der Waals surface area contributed by atoms with E-state index in [-0.39, 0.29) is 18.0 Å². The third-order valence-electron chi connectivity index (χ3n) is 7.13. The first-order chi connectivity index (χ1) is 16.2. The zero-order valence-electron chi connectivity index (χ0n) is 18.6. The smallest absolute Gasteiger partial charge is 0.253 e. The molecule has 2 aliphatic rings. The molecule has 1 unspecified atom stereocenters. The summed E-state index contributed by atoms with van der Waals surface area (Å²) in [5.74, 6) is 0.781. The molecule has 1 fully saturated rings. The van der Waals surface area contributed by atoms with Crippen LogP contribution in [-0.2, 0) is 6.54 Å². The van der Waals surface area contributed by atoms with E-state index in [9.17, 15) is 4.79 Å². The highest BCUT2D eigenvalue weighted by atomic mass is 16.5. The lowest BCUT2D eigenvalue weighted by Crippen LogP contribution is -2.44. The van der Waals surface area contributed by atoms with Crippen molar-refractivity contribution in [3.63, 3.8) is 0 Å². The molecule has 2 atom stereocenters. The molecule has 2 N–H and O–H groups in total. The minimum atomic E-state index is -0.0863. The Morgan fingerprint density at radius 2 is 2.03 bits per heavy atom. The Balaban J connectivity index is 1.44. The van der Waals surface area contributed by atoms with Gasteiger partial charge in [-0.15, -0.1) is 0 Å². The molecule has 2 aliphatic heterocycles. The predicted molar refractivity (Wildman–Crippen MR) is 127 cm³/mol. The first-order valence-electron chi connectivity index (χ1n) is 11.5. The van der Waals surface area contributed by atoms with Crippen LogP contribution in [0.3, 0.4) is 0 Å². The molecule has 33 heavy (non-hydrogen) atoms. The Labute approximate surface area is 192 Å². The number of methoxy groups -OCH3 is 1. The van der Waals surface area contributed by atoms with Gasteiger partial charge in [0.2, 0.25) is 0 Å². The molecule has 2 aromatic heterocycles. The summed E-state index contributed by atoms with van der Waals surface area (Å²) in [6, 6.07) is 14.6. The lowest BCUT2D eigenvalue weighted by molar-refractivity contribution is 0.0902. The number of nitrogens with one attached hydrogen (secondary N) is 2. The number of carbonyl (C=O) groups excluding carboxylic acids is 1. The summed E-state index contributed by atoms with van der Waals surface area (Å²) in [7, 11) is 1.68. The van der Waals surface area contributed by atoms with Crippen LogP contribution in [0, 0.1) is 0 Å². The fraction of sp³-hybridized carbons (Fsp3) is 0.308. The van der Waals surface area contributed by atoms with Gasteiger partial charge in [0.15, 0.2) is 0 Å². The van der Waals surface area contributed by atoms with Gasteiger partial charge in [0.1, 0.15) is 5.75 Å². The maximum atomic E-state index is 13.6. The van der Waals surface area contributed by atoms with E-state index in [1.807, 2.05) is 36.8 Å². The van der Waals surface area contributed by atoms with Gasteiger partial charge in [-0.25, -0.2) is 0 Å². The molecule has 0 aliphatic carbocycles. The van der Waals surface area contributed by atoms with E-state index >= 15 is 0 Å². The van der Waals surface area contributed by atoms with Crippen LogP contribution < -0.4 is 10.1 Å². The monoisotopic (exact) mass is 441 g/mol. The maximum Gasteiger partial charge on any atom is 0.253 e. The quantitative estimate of drug-likeness (QED) is 0.504. The van der Waals surface area contributed by atoms with E-state index in [2.05, 4.69) is 49.2 Å². The third kappa shape index (κ3) is 3.49. The molecule has 2 aromatic carbocycles. The summed E-state index contributed by atoms with van der Waals surface area (Å²) in [5.41, 5.74) is 5.02. The average Bonchev–Trinajstić information content (AvgIpc) is 3.60. The van der Waals surface area contributed by atoms with E-state index < -0.39 is 0 Å². The summed E-state index contributed by atoms with van der Waals surface area (Å²) in [5, 5.41) is 11.3. The summed E-state index contributed by atoms with van der Waals surface area (Å²) >= 11 is 0. The zero-order chi connectivity index (χ0) is 22.4. The zero-order valence-corrected chi connectivity index (χ0v) is 18.6. The van der Waals surface area contributed by atoms with E-state index in [1.165, 1.54) is 0 Å². The van der Waals surface area contributed by atoms with E-state index in [4.69, 9.17) is 4.74 Å². The number of nitrogens with zero attached hydrogens (tertiary/aromatic N) is 3. The van der Waals surface area contributed by atoms with Crippen LogP contribution in [0.25, 0.3) is 22.0 Å². The van der Waals surface area contributed by atoms with Crippen LogP contribution in [0.2, 0.25) is 0 Å². The van der Waals surface area contributed by atoms with Crippen molar-refractivity contribution in [3.05, 3.63) is 72.2 Å². The molecule has 2 bridgehead atoms. The van der Waals surface area contributed by atoms with Crippen molar-refractivity contribution in [2.75, 3.05) is 20.2 Å². The molecule has 168 valence electrons. The molecule has 7 nitrogen and oxygen atoms in total. The van der Waals surface area contributed by atoms with Crippen molar-refractivity contribution in [2.45, 2.75) is 31.5 Å². The van der Waals surface area contributed by atoms with Gasteiger partial charge in [0, 0.05) is 48.0 Å². The second-order valence-electron chi connectivity index (χ2n) is 8.93. The minimum Gasteiger partial charge on any atom is -0.497 e. The molecule has 4 aromatic rings. The summed E-state index contributed by atoms with van der Waals surface area (Å²) in [6.45, 7) is 2.84. The second kappa shape index (κ2) is 8.08. The predicted octanol–water partition coefficient (Wildman–Crippen LogP) is 3.99. The van der Waals surface area contributed by atoms with Gasteiger partial charge in [0.05, 0.1) is 24.9 Å². The largest absolute Gasteiger partial charge is 0.497 e. The first kappa shape index (κ1) is 20.1.